The Balaban J connectivity index is 2.08. The van der Waals surface area contributed by atoms with Gasteiger partial charge < -0.3 is 9.84 Å². The molecular formula is C11H12N4O4. The van der Waals surface area contributed by atoms with Crippen LogP contribution in [0.15, 0.2) is 10.9 Å². The molecule has 1 aliphatic rings. The van der Waals surface area contributed by atoms with Crippen molar-refractivity contribution in [2.24, 2.45) is 0 Å². The topological polar surface area (TPSA) is 110 Å². The number of aromatic amines is 1. The summed E-state index contributed by atoms with van der Waals surface area (Å²) in [4.78, 5) is 22.7. The van der Waals surface area contributed by atoms with Gasteiger partial charge in [-0.2, -0.15) is 14.7 Å². The van der Waals surface area contributed by atoms with Gasteiger partial charge in [0.2, 0.25) is 5.69 Å². The van der Waals surface area contributed by atoms with Crippen molar-refractivity contribution in [2.75, 3.05) is 13.2 Å². The molecule has 1 fully saturated rings. The first-order valence-electron chi connectivity index (χ1n) is 5.96. The van der Waals surface area contributed by atoms with Crippen molar-refractivity contribution in [3.63, 3.8) is 0 Å². The summed E-state index contributed by atoms with van der Waals surface area (Å²) in [7, 11) is 0. The van der Waals surface area contributed by atoms with Gasteiger partial charge >= 0.3 is 11.5 Å². The summed E-state index contributed by atoms with van der Waals surface area (Å²) in [6, 6.07) is 1.73. The van der Waals surface area contributed by atoms with Gasteiger partial charge in [0.15, 0.2) is 5.65 Å². The van der Waals surface area contributed by atoms with Crippen molar-refractivity contribution in [3.8, 4) is 0 Å². The van der Waals surface area contributed by atoms with E-state index in [2.05, 4.69) is 15.3 Å². The van der Waals surface area contributed by atoms with Crippen LogP contribution in [0.4, 0.5) is 0 Å². The Bertz CT molecular complexity index is 684. The van der Waals surface area contributed by atoms with E-state index in [4.69, 9.17) is 9.84 Å². The molecule has 8 nitrogen and oxygen atoms in total. The molecule has 100 valence electrons. The van der Waals surface area contributed by atoms with E-state index in [0.717, 1.165) is 23.1 Å². The summed E-state index contributed by atoms with van der Waals surface area (Å²) in [6.45, 7) is 1.34. The van der Waals surface area contributed by atoms with Crippen LogP contribution < -0.4 is 5.56 Å². The zero-order valence-corrected chi connectivity index (χ0v) is 10.00. The van der Waals surface area contributed by atoms with E-state index in [0.29, 0.717) is 18.9 Å². The van der Waals surface area contributed by atoms with Crippen molar-refractivity contribution >= 4 is 11.6 Å². The number of hydrogen-bond acceptors (Lipinski definition) is 5. The number of carbonyl (C=O) groups is 1. The average molecular weight is 264 g/mol. The largest absolute Gasteiger partial charge is 0.476 e. The summed E-state index contributed by atoms with van der Waals surface area (Å²) in [5, 5.41) is 19.1. The molecule has 3 heterocycles. The van der Waals surface area contributed by atoms with Crippen LogP contribution in [0, 0.1) is 0 Å². The zero-order valence-electron chi connectivity index (χ0n) is 10.00. The molecule has 8 heteroatoms. The molecule has 19 heavy (non-hydrogen) atoms. The molecule has 1 saturated heterocycles. The second-order valence-electron chi connectivity index (χ2n) is 4.44. The maximum atomic E-state index is 11.9. The maximum absolute atomic E-state index is 11.9. The van der Waals surface area contributed by atoms with Gasteiger partial charge in [0.1, 0.15) is 0 Å². The predicted octanol–water partition coefficient (Wildman–Crippen LogP) is 0.00980. The molecule has 3 rings (SSSR count). The number of carboxylic acid groups (broad SMARTS) is 1. The number of carboxylic acids is 1. The van der Waals surface area contributed by atoms with Gasteiger partial charge in [-0.05, 0) is 12.8 Å². The number of nitrogens with one attached hydrogen (secondary N) is 1. The number of fused-ring (bicyclic) bond motifs is 1. The van der Waals surface area contributed by atoms with Crippen molar-refractivity contribution < 1.29 is 14.6 Å². The third kappa shape index (κ3) is 1.99. The Morgan fingerprint density at radius 1 is 1.47 bits per heavy atom. The Morgan fingerprint density at radius 2 is 2.21 bits per heavy atom. The van der Waals surface area contributed by atoms with Gasteiger partial charge in [0.25, 0.3) is 0 Å². The second-order valence-corrected chi connectivity index (χ2v) is 4.44. The Kier molecular flexibility index (Phi) is 2.79. The summed E-state index contributed by atoms with van der Waals surface area (Å²) in [6.07, 6.45) is 1.69. The average Bonchev–Trinajstić information content (AvgIpc) is 2.85. The van der Waals surface area contributed by atoms with E-state index in [9.17, 15) is 9.59 Å². The Hall–Kier alpha value is -2.22. The highest BCUT2D eigenvalue weighted by atomic mass is 16.5. The van der Waals surface area contributed by atoms with E-state index in [1.165, 1.54) is 0 Å². The molecule has 0 radical (unpaired) electrons. The molecule has 2 N–H and O–H groups in total. The molecule has 0 saturated carbocycles. The van der Waals surface area contributed by atoms with Crippen LogP contribution in [0.5, 0.6) is 0 Å². The van der Waals surface area contributed by atoms with Crippen LogP contribution in [-0.4, -0.2) is 44.1 Å². The highest BCUT2D eigenvalue weighted by Gasteiger charge is 2.21. The summed E-state index contributed by atoms with van der Waals surface area (Å²) in [5.74, 6) is -1.14. The van der Waals surface area contributed by atoms with Gasteiger partial charge in [-0.15, -0.1) is 0 Å². The summed E-state index contributed by atoms with van der Waals surface area (Å²) in [5.41, 5.74) is -0.119. The van der Waals surface area contributed by atoms with Gasteiger partial charge in [-0.3, -0.25) is 9.89 Å². The van der Waals surface area contributed by atoms with E-state index >= 15 is 0 Å². The monoisotopic (exact) mass is 264 g/mol. The lowest BCUT2D eigenvalue weighted by molar-refractivity contribution is 0.0686. The van der Waals surface area contributed by atoms with Crippen molar-refractivity contribution in [1.29, 1.82) is 0 Å². The maximum Gasteiger partial charge on any atom is 0.362 e. The van der Waals surface area contributed by atoms with E-state index in [1.807, 2.05) is 0 Å². The van der Waals surface area contributed by atoms with E-state index < -0.39 is 17.2 Å². The normalized spacial score (nSPS) is 16.8. The molecule has 0 atom stereocenters. The highest BCUT2D eigenvalue weighted by Crippen LogP contribution is 2.25. The lowest BCUT2D eigenvalue weighted by Crippen LogP contribution is -2.25. The third-order valence-corrected chi connectivity index (χ3v) is 3.25. The van der Waals surface area contributed by atoms with E-state index in [-0.39, 0.29) is 5.92 Å². The molecule has 0 spiro atoms. The fourth-order valence-corrected chi connectivity index (χ4v) is 2.23. The number of H-pyrrole nitrogens is 1. The van der Waals surface area contributed by atoms with Crippen LogP contribution in [0.25, 0.3) is 5.65 Å². The fourth-order valence-electron chi connectivity index (χ4n) is 2.23. The molecule has 0 unspecified atom stereocenters. The molecule has 0 amide bonds. The molecule has 2 aromatic rings. The predicted molar refractivity (Wildman–Crippen MR) is 63.4 cm³/mol. The van der Waals surface area contributed by atoms with Crippen LogP contribution >= 0.6 is 0 Å². The lowest BCUT2D eigenvalue weighted by atomic mass is 9.97. The molecule has 0 aromatic carbocycles. The molecule has 1 aliphatic heterocycles. The smallest absolute Gasteiger partial charge is 0.362 e. The van der Waals surface area contributed by atoms with Gasteiger partial charge in [-0.25, -0.2) is 4.79 Å². The first-order chi connectivity index (χ1) is 9.16. The number of rotatable bonds is 2. The van der Waals surface area contributed by atoms with Crippen LogP contribution in [0.1, 0.15) is 34.9 Å². The fraction of sp³-hybridized carbons (Fsp3) is 0.455. The van der Waals surface area contributed by atoms with Crippen LogP contribution in [0.2, 0.25) is 0 Å². The minimum absolute atomic E-state index is 0.231. The summed E-state index contributed by atoms with van der Waals surface area (Å²) >= 11 is 0. The first-order valence-corrected chi connectivity index (χ1v) is 5.96. The molecule has 0 aliphatic carbocycles. The Morgan fingerprint density at radius 3 is 2.89 bits per heavy atom. The van der Waals surface area contributed by atoms with Crippen LogP contribution in [0.3, 0.4) is 0 Å². The number of aromatic carboxylic acids is 1. The van der Waals surface area contributed by atoms with Gasteiger partial charge in [0.05, 0.1) is 5.69 Å². The second kappa shape index (κ2) is 4.47. The number of hydrogen-bond donors (Lipinski definition) is 2. The Labute approximate surface area is 107 Å². The minimum Gasteiger partial charge on any atom is -0.476 e. The third-order valence-electron chi connectivity index (χ3n) is 3.25. The van der Waals surface area contributed by atoms with Crippen molar-refractivity contribution in [1.82, 2.24) is 19.8 Å². The van der Waals surface area contributed by atoms with Crippen molar-refractivity contribution in [3.05, 3.63) is 27.8 Å². The minimum atomic E-state index is -1.37. The number of aromatic nitrogens is 4. The van der Waals surface area contributed by atoms with Gasteiger partial charge in [0, 0.05) is 25.2 Å². The first kappa shape index (κ1) is 11.8. The SMILES string of the molecule is O=C(O)c1n[nH]c2cc(C3CCOCC3)nn2c1=O. The zero-order chi connectivity index (χ0) is 13.4. The van der Waals surface area contributed by atoms with E-state index in [1.54, 1.807) is 6.07 Å². The number of ether oxygens (including phenoxy) is 1. The van der Waals surface area contributed by atoms with Crippen molar-refractivity contribution in [2.45, 2.75) is 18.8 Å². The molecule has 2 aromatic heterocycles. The quantitative estimate of drug-likeness (QED) is 0.790. The molecular weight excluding hydrogens is 252 g/mol. The highest BCUT2D eigenvalue weighted by molar-refractivity contribution is 5.84. The van der Waals surface area contributed by atoms with Crippen LogP contribution in [-0.2, 0) is 4.74 Å². The number of nitrogens with zero attached hydrogens (tertiary/aromatic N) is 3. The summed E-state index contributed by atoms with van der Waals surface area (Å²) < 4.78 is 6.33. The molecule has 0 bridgehead atoms. The standard InChI is InChI=1S/C11H12N4O4/c16-10-9(11(17)18)13-12-8-5-7(14-15(8)10)6-1-3-19-4-2-6/h5-6,12H,1-4H2,(H,17,18). The lowest BCUT2D eigenvalue weighted by Gasteiger charge is -2.19. The van der Waals surface area contributed by atoms with Gasteiger partial charge in [-0.1, -0.05) is 0 Å².